The molecule has 0 aliphatic carbocycles. The maximum atomic E-state index is 12.5. The van der Waals surface area contributed by atoms with Crippen LogP contribution >= 0.6 is 11.8 Å². The van der Waals surface area contributed by atoms with E-state index in [2.05, 4.69) is 13.8 Å². The second kappa shape index (κ2) is 7.14. The first-order chi connectivity index (χ1) is 11.6. The number of thioether (sulfide) groups is 1. The predicted molar refractivity (Wildman–Crippen MR) is 97.9 cm³/mol. The van der Waals surface area contributed by atoms with E-state index in [1.165, 1.54) is 11.8 Å². The van der Waals surface area contributed by atoms with Crippen LogP contribution in [0, 0.1) is 5.92 Å². The fraction of sp³-hybridized carbons (Fsp3) is 0.250. The third-order valence-corrected chi connectivity index (χ3v) is 4.73. The summed E-state index contributed by atoms with van der Waals surface area (Å²) in [5.74, 6) is 1.93. The fourth-order valence-corrected chi connectivity index (χ4v) is 3.49. The van der Waals surface area contributed by atoms with Gasteiger partial charge in [0, 0.05) is 10.5 Å². The van der Waals surface area contributed by atoms with Crippen molar-refractivity contribution < 1.29 is 14.3 Å². The zero-order valence-electron chi connectivity index (χ0n) is 14.0. The van der Waals surface area contributed by atoms with Gasteiger partial charge in [0.25, 0.3) is 0 Å². The van der Waals surface area contributed by atoms with E-state index in [0.717, 1.165) is 26.7 Å². The molecule has 1 aliphatic heterocycles. The van der Waals surface area contributed by atoms with E-state index in [0.29, 0.717) is 18.3 Å². The van der Waals surface area contributed by atoms with Crippen LogP contribution in [-0.2, 0) is 0 Å². The van der Waals surface area contributed by atoms with Crippen LogP contribution in [0.5, 0.6) is 11.5 Å². The Hall–Kier alpha value is -2.20. The van der Waals surface area contributed by atoms with Gasteiger partial charge < -0.3 is 9.47 Å². The zero-order valence-corrected chi connectivity index (χ0v) is 14.9. The molecule has 0 spiro atoms. The second-order valence-corrected chi connectivity index (χ2v) is 7.13. The summed E-state index contributed by atoms with van der Waals surface area (Å²) < 4.78 is 11.2. The number of ether oxygens (including phenoxy) is 2. The Kier molecular flexibility index (Phi) is 4.95. The van der Waals surface area contributed by atoms with Gasteiger partial charge in [-0.25, -0.2) is 0 Å². The van der Waals surface area contributed by atoms with E-state index < -0.39 is 0 Å². The summed E-state index contributed by atoms with van der Waals surface area (Å²) in [6.07, 6.45) is 1.90. The molecule has 0 saturated carbocycles. The van der Waals surface area contributed by atoms with Gasteiger partial charge in [0.1, 0.15) is 0 Å². The molecule has 0 fully saturated rings. The van der Waals surface area contributed by atoms with Gasteiger partial charge in [0.15, 0.2) is 11.5 Å². The van der Waals surface area contributed by atoms with Crippen LogP contribution in [0.4, 0.5) is 0 Å². The quantitative estimate of drug-likeness (QED) is 0.713. The minimum atomic E-state index is 0.0784. The van der Waals surface area contributed by atoms with Crippen LogP contribution in [0.2, 0.25) is 0 Å². The third-order valence-electron chi connectivity index (χ3n) is 3.63. The minimum Gasteiger partial charge on any atom is -0.493 e. The first-order valence-corrected chi connectivity index (χ1v) is 8.74. The summed E-state index contributed by atoms with van der Waals surface area (Å²) >= 11 is 1.51. The van der Waals surface area contributed by atoms with Gasteiger partial charge in [-0.05, 0) is 41.8 Å². The summed E-state index contributed by atoms with van der Waals surface area (Å²) in [6.45, 7) is 4.85. The van der Waals surface area contributed by atoms with Gasteiger partial charge in [-0.2, -0.15) is 0 Å². The van der Waals surface area contributed by atoms with Crippen LogP contribution in [0.1, 0.15) is 29.8 Å². The highest BCUT2D eigenvalue weighted by Crippen LogP contribution is 2.41. The van der Waals surface area contributed by atoms with E-state index in [-0.39, 0.29) is 5.78 Å². The molecule has 124 valence electrons. The number of ketones is 1. The molecule has 1 aliphatic rings. The predicted octanol–water partition coefficient (Wildman–Crippen LogP) is 5.06. The number of methoxy groups -OCH3 is 1. The first kappa shape index (κ1) is 16.7. The minimum absolute atomic E-state index is 0.0784. The highest BCUT2D eigenvalue weighted by atomic mass is 32.2. The highest BCUT2D eigenvalue weighted by Gasteiger charge is 2.25. The summed E-state index contributed by atoms with van der Waals surface area (Å²) in [5, 5.41) is 0. The average Bonchev–Trinajstić information content (AvgIpc) is 2.89. The van der Waals surface area contributed by atoms with E-state index in [4.69, 9.17) is 9.47 Å². The summed E-state index contributed by atoms with van der Waals surface area (Å²) in [7, 11) is 1.62. The van der Waals surface area contributed by atoms with Gasteiger partial charge in [0.2, 0.25) is 5.78 Å². The molecule has 1 heterocycles. The number of carbonyl (C=O) groups excluding carboxylic acids is 1. The van der Waals surface area contributed by atoms with Gasteiger partial charge in [-0.1, -0.05) is 43.8 Å². The lowest BCUT2D eigenvalue weighted by Gasteiger charge is -2.13. The van der Waals surface area contributed by atoms with Crippen molar-refractivity contribution in [2.75, 3.05) is 13.7 Å². The Morgan fingerprint density at radius 1 is 1.12 bits per heavy atom. The van der Waals surface area contributed by atoms with Crippen molar-refractivity contribution in [3.8, 4) is 11.5 Å². The van der Waals surface area contributed by atoms with Crippen LogP contribution in [0.3, 0.4) is 0 Å². The Bertz CT molecular complexity index is 793. The Balaban J connectivity index is 1.85. The van der Waals surface area contributed by atoms with Crippen LogP contribution in [0.15, 0.2) is 52.3 Å². The number of hydrogen-bond donors (Lipinski definition) is 0. The Morgan fingerprint density at radius 3 is 2.62 bits per heavy atom. The lowest BCUT2D eigenvalue weighted by Crippen LogP contribution is -2.05. The largest absolute Gasteiger partial charge is 0.493 e. The van der Waals surface area contributed by atoms with E-state index >= 15 is 0 Å². The molecule has 3 nitrogen and oxygen atoms in total. The monoisotopic (exact) mass is 340 g/mol. The molecule has 3 rings (SSSR count). The molecule has 0 aromatic heterocycles. The SMILES string of the molecule is COc1cc(C=C2Sc3ccccc3C2=O)ccc1OCC(C)C. The van der Waals surface area contributed by atoms with Crippen LogP contribution < -0.4 is 9.47 Å². The van der Waals surface area contributed by atoms with E-state index in [1.54, 1.807) is 7.11 Å². The number of benzene rings is 2. The fourth-order valence-electron chi connectivity index (χ4n) is 2.44. The zero-order chi connectivity index (χ0) is 17.1. The molecule has 0 amide bonds. The van der Waals surface area contributed by atoms with Crippen molar-refractivity contribution in [3.05, 3.63) is 58.5 Å². The summed E-state index contributed by atoms with van der Waals surface area (Å²) in [6, 6.07) is 13.4. The normalized spacial score (nSPS) is 15.0. The van der Waals surface area contributed by atoms with E-state index in [9.17, 15) is 4.79 Å². The van der Waals surface area contributed by atoms with Crippen molar-refractivity contribution in [1.29, 1.82) is 0 Å². The molecule has 4 heteroatoms. The molecule has 2 aromatic rings. The molecule has 0 saturated heterocycles. The molecule has 0 bridgehead atoms. The topological polar surface area (TPSA) is 35.5 Å². The molecule has 2 aromatic carbocycles. The summed E-state index contributed by atoms with van der Waals surface area (Å²) in [4.78, 5) is 14.2. The lowest BCUT2D eigenvalue weighted by atomic mass is 10.1. The highest BCUT2D eigenvalue weighted by molar-refractivity contribution is 8.04. The Labute approximate surface area is 146 Å². The van der Waals surface area contributed by atoms with Crippen LogP contribution in [-0.4, -0.2) is 19.5 Å². The number of carbonyl (C=O) groups is 1. The smallest absolute Gasteiger partial charge is 0.200 e. The Morgan fingerprint density at radius 2 is 1.92 bits per heavy atom. The third kappa shape index (κ3) is 3.49. The molecule has 0 atom stereocenters. The van der Waals surface area contributed by atoms with Crippen molar-refractivity contribution >= 4 is 23.6 Å². The van der Waals surface area contributed by atoms with Crippen molar-refractivity contribution in [3.63, 3.8) is 0 Å². The maximum absolute atomic E-state index is 12.5. The lowest BCUT2D eigenvalue weighted by molar-refractivity contribution is 0.104. The number of hydrogen-bond acceptors (Lipinski definition) is 4. The molecule has 0 N–H and O–H groups in total. The average molecular weight is 340 g/mol. The second-order valence-electron chi connectivity index (χ2n) is 6.05. The number of allylic oxidation sites excluding steroid dienone is 1. The maximum Gasteiger partial charge on any atom is 0.200 e. The molecular weight excluding hydrogens is 320 g/mol. The first-order valence-electron chi connectivity index (χ1n) is 7.92. The number of rotatable bonds is 5. The van der Waals surface area contributed by atoms with Gasteiger partial charge >= 0.3 is 0 Å². The van der Waals surface area contributed by atoms with Crippen molar-refractivity contribution in [2.24, 2.45) is 5.92 Å². The van der Waals surface area contributed by atoms with Crippen molar-refractivity contribution in [1.82, 2.24) is 0 Å². The molecule has 0 radical (unpaired) electrons. The molecule has 0 unspecified atom stereocenters. The van der Waals surface area contributed by atoms with Gasteiger partial charge in [-0.15, -0.1) is 0 Å². The number of Topliss-reactive ketones (excluding diaryl/α,β-unsaturated/α-hetero) is 1. The van der Waals surface area contributed by atoms with E-state index in [1.807, 2.05) is 48.5 Å². The summed E-state index contributed by atoms with van der Waals surface area (Å²) in [5.41, 5.74) is 1.70. The van der Waals surface area contributed by atoms with Crippen LogP contribution in [0.25, 0.3) is 6.08 Å². The van der Waals surface area contributed by atoms with Crippen molar-refractivity contribution in [2.45, 2.75) is 18.7 Å². The molecule has 24 heavy (non-hydrogen) atoms. The standard InChI is InChI=1S/C20H20O3S/c1-13(2)12-23-16-9-8-14(10-17(16)22-3)11-19-20(21)15-6-4-5-7-18(15)24-19/h4-11,13H,12H2,1-3H3. The number of fused-ring (bicyclic) bond motifs is 1. The van der Waals surface area contributed by atoms with Gasteiger partial charge in [-0.3, -0.25) is 4.79 Å². The van der Waals surface area contributed by atoms with Gasteiger partial charge in [0.05, 0.1) is 18.6 Å². The molecular formula is C20H20O3S.